The summed E-state index contributed by atoms with van der Waals surface area (Å²) < 4.78 is 0. The summed E-state index contributed by atoms with van der Waals surface area (Å²) in [6.45, 7) is 0.890. The van der Waals surface area contributed by atoms with Crippen molar-refractivity contribution in [3.05, 3.63) is 67.8 Å². The maximum Gasteiger partial charge on any atom is 2.00 e. The van der Waals surface area contributed by atoms with Crippen LogP contribution in [0.2, 0.25) is 0 Å². The van der Waals surface area contributed by atoms with Gasteiger partial charge in [-0.05, 0) is 12.1 Å². The number of carboxylic acid groups (broad SMARTS) is 1. The second kappa shape index (κ2) is 14.2. The van der Waals surface area contributed by atoms with Gasteiger partial charge in [0.05, 0.1) is 29.0 Å². The average molecular weight is 503 g/mol. The van der Waals surface area contributed by atoms with Gasteiger partial charge in [-0.3, -0.25) is 35.0 Å². The minimum Gasteiger partial charge on any atom is -0.507 e. The van der Waals surface area contributed by atoms with Gasteiger partial charge in [0, 0.05) is 54.7 Å². The molecule has 4 N–H and O–H groups in total. The van der Waals surface area contributed by atoms with Crippen molar-refractivity contribution < 1.29 is 52.1 Å². The van der Waals surface area contributed by atoms with E-state index in [1.54, 1.807) is 0 Å². The molecule has 0 spiro atoms. The quantitative estimate of drug-likeness (QED) is 0.179. The third-order valence-corrected chi connectivity index (χ3v) is 3.54. The summed E-state index contributed by atoms with van der Waals surface area (Å²) in [6, 6.07) is 6.94. The molecule has 2 aromatic carbocycles. The van der Waals surface area contributed by atoms with Crippen molar-refractivity contribution >= 4 is 29.8 Å². The summed E-state index contributed by atoms with van der Waals surface area (Å²) in [6.07, 6.45) is 1.39. The van der Waals surface area contributed by atoms with E-state index in [1.165, 1.54) is 24.6 Å². The Bertz CT molecular complexity index is 964. The molecule has 0 aromatic heterocycles. The van der Waals surface area contributed by atoms with Gasteiger partial charge in [-0.1, -0.05) is 0 Å². The molecule has 33 heavy (non-hydrogen) atoms. The molecule has 0 fully saturated rings. The number of aromatic hydroxyl groups is 2. The Kier molecular flexibility index (Phi) is 12.6. The number of nitro benzene ring substituents is 2. The summed E-state index contributed by atoms with van der Waals surface area (Å²) in [5.41, 5.74) is -0.153. The van der Waals surface area contributed by atoms with E-state index in [0.29, 0.717) is 0 Å². The second-order valence-corrected chi connectivity index (χ2v) is 6.16. The first-order valence-electron chi connectivity index (χ1n) is 8.83. The van der Waals surface area contributed by atoms with Gasteiger partial charge in [0.15, 0.2) is 0 Å². The molecule has 0 aliphatic rings. The van der Waals surface area contributed by atoms with Crippen LogP contribution in [-0.2, 0) is 21.9 Å². The van der Waals surface area contributed by atoms with Gasteiger partial charge in [-0.15, -0.1) is 0 Å². The number of carboxylic acids is 1. The second-order valence-electron chi connectivity index (χ2n) is 6.16. The van der Waals surface area contributed by atoms with Crippen molar-refractivity contribution in [2.24, 2.45) is 9.98 Å². The van der Waals surface area contributed by atoms with E-state index in [4.69, 9.17) is 9.90 Å². The number of nitrogens with zero attached hydrogens (tertiary/aromatic N) is 4. The van der Waals surface area contributed by atoms with E-state index in [0.717, 1.165) is 31.2 Å². The van der Waals surface area contributed by atoms with E-state index < -0.39 is 21.9 Å². The summed E-state index contributed by atoms with van der Waals surface area (Å²) >= 11 is 0. The van der Waals surface area contributed by atoms with Crippen LogP contribution in [0.3, 0.4) is 0 Å². The number of carbonyl (C=O) groups is 1. The fourth-order valence-electron chi connectivity index (χ4n) is 2.12. The molecule has 14 heteroatoms. The number of aliphatic hydroxyl groups is 1. The number of aliphatic carboxylic acids is 1. The van der Waals surface area contributed by atoms with Crippen molar-refractivity contribution in [2.45, 2.75) is 13.0 Å². The standard InChI is InChI=1S/C17H16N4O7.C2H4O2.Mn/c22-15(9-18-7-11-5-13(20(25)26)1-3-16(11)23)10-19-8-12-6-14(21(27)28)2-4-17(12)24;1-2(3)4;/h1-8,15,22-24H,9-10H2;1H3,(H,3,4);/q;;+2. The van der Waals surface area contributed by atoms with E-state index in [1.807, 2.05) is 0 Å². The SMILES string of the molecule is CC(=O)O.O=[N+]([O-])c1ccc(O)c(C=NCC(O)CN=Cc2cc([N+](=O)[O-])ccc2O)c1.[Mn+2]. The van der Waals surface area contributed by atoms with Crippen LogP contribution in [0.15, 0.2) is 46.4 Å². The number of phenols is 2. The van der Waals surface area contributed by atoms with Crippen LogP contribution in [0.1, 0.15) is 18.1 Å². The number of phenolic OH excluding ortho intramolecular Hbond substituents is 2. The molecule has 0 aliphatic heterocycles. The van der Waals surface area contributed by atoms with Gasteiger partial charge in [-0.2, -0.15) is 0 Å². The van der Waals surface area contributed by atoms with E-state index >= 15 is 0 Å². The number of non-ortho nitro benzene ring substituents is 2. The normalized spacial score (nSPS) is 11.3. The number of benzene rings is 2. The van der Waals surface area contributed by atoms with Crippen LogP contribution >= 0.6 is 0 Å². The first kappa shape index (κ1) is 29.1. The van der Waals surface area contributed by atoms with Gasteiger partial charge in [0.2, 0.25) is 0 Å². The van der Waals surface area contributed by atoms with Crippen LogP contribution in [0, 0.1) is 20.2 Å². The van der Waals surface area contributed by atoms with Crippen molar-refractivity contribution in [2.75, 3.05) is 13.1 Å². The molecule has 2 rings (SSSR count). The maximum absolute atomic E-state index is 10.7. The smallest absolute Gasteiger partial charge is 0.507 e. The van der Waals surface area contributed by atoms with Gasteiger partial charge in [0.1, 0.15) is 11.5 Å². The summed E-state index contributed by atoms with van der Waals surface area (Å²) in [7, 11) is 0. The minimum atomic E-state index is -1.01. The van der Waals surface area contributed by atoms with Gasteiger partial charge in [-0.25, -0.2) is 0 Å². The van der Waals surface area contributed by atoms with Crippen molar-refractivity contribution in [3.8, 4) is 11.5 Å². The Morgan fingerprint density at radius 3 is 1.58 bits per heavy atom. The molecule has 175 valence electrons. The molecular weight excluding hydrogens is 483 g/mol. The number of aliphatic hydroxyl groups excluding tert-OH is 1. The predicted octanol–water partition coefficient (Wildman–Crippen LogP) is 1.90. The largest absolute Gasteiger partial charge is 2.00 e. The molecule has 13 nitrogen and oxygen atoms in total. The molecule has 0 unspecified atom stereocenters. The topological polar surface area (TPSA) is 209 Å². The zero-order chi connectivity index (χ0) is 24.3. The van der Waals surface area contributed by atoms with Gasteiger partial charge < -0.3 is 20.4 Å². The molecule has 2 aromatic rings. The number of hydrogen-bond donors (Lipinski definition) is 4. The monoisotopic (exact) mass is 503 g/mol. The van der Waals surface area contributed by atoms with Crippen molar-refractivity contribution in [1.82, 2.24) is 0 Å². The van der Waals surface area contributed by atoms with E-state index in [-0.39, 0.29) is 64.2 Å². The minimum absolute atomic E-state index is 0. The molecule has 0 saturated heterocycles. The Hall–Kier alpha value is -3.87. The molecule has 0 atom stereocenters. The van der Waals surface area contributed by atoms with Crippen molar-refractivity contribution in [1.29, 1.82) is 0 Å². The number of rotatable bonds is 8. The van der Waals surface area contributed by atoms with Crippen LogP contribution in [0.25, 0.3) is 0 Å². The Morgan fingerprint density at radius 2 is 1.27 bits per heavy atom. The number of aliphatic imine (C=N–C) groups is 2. The van der Waals surface area contributed by atoms with Crippen LogP contribution in [0.4, 0.5) is 11.4 Å². The molecular formula is C19H20MnN4O9+2. The van der Waals surface area contributed by atoms with Crippen LogP contribution < -0.4 is 0 Å². The predicted molar refractivity (Wildman–Crippen MR) is 114 cm³/mol. The fraction of sp³-hybridized carbons (Fsp3) is 0.211. The van der Waals surface area contributed by atoms with Gasteiger partial charge in [0.25, 0.3) is 17.3 Å². The molecule has 0 bridgehead atoms. The fourth-order valence-corrected chi connectivity index (χ4v) is 2.12. The van der Waals surface area contributed by atoms with Crippen molar-refractivity contribution in [3.63, 3.8) is 0 Å². The van der Waals surface area contributed by atoms with Crippen LogP contribution in [-0.4, -0.2) is 67.9 Å². The maximum atomic E-state index is 10.7. The number of hydrogen-bond acceptors (Lipinski definition) is 10. The summed E-state index contributed by atoms with van der Waals surface area (Å²) in [5, 5.41) is 58.1. The van der Waals surface area contributed by atoms with Gasteiger partial charge >= 0.3 is 17.1 Å². The summed E-state index contributed by atoms with van der Waals surface area (Å²) in [5.74, 6) is -1.22. The van der Waals surface area contributed by atoms with E-state index in [9.17, 15) is 35.5 Å². The third kappa shape index (κ3) is 10.8. The molecule has 0 saturated carbocycles. The molecule has 0 aliphatic carbocycles. The first-order chi connectivity index (χ1) is 15.0. The zero-order valence-electron chi connectivity index (χ0n) is 17.1. The third-order valence-electron chi connectivity index (χ3n) is 3.54. The first-order valence-corrected chi connectivity index (χ1v) is 8.83. The Balaban J connectivity index is 0.00000189. The zero-order valence-corrected chi connectivity index (χ0v) is 18.3. The molecule has 0 amide bonds. The van der Waals surface area contributed by atoms with Crippen LogP contribution in [0.5, 0.6) is 11.5 Å². The Labute approximate surface area is 197 Å². The molecule has 0 heterocycles. The Morgan fingerprint density at radius 1 is 0.939 bits per heavy atom. The molecule has 1 radical (unpaired) electrons. The van der Waals surface area contributed by atoms with E-state index in [2.05, 4.69) is 9.98 Å². The average Bonchev–Trinajstić information content (AvgIpc) is 2.70. The summed E-state index contributed by atoms with van der Waals surface area (Å²) in [4.78, 5) is 37.1. The number of nitro groups is 2.